The second-order valence-electron chi connectivity index (χ2n) is 7.67. The molecule has 2 aromatic rings. The van der Waals surface area contributed by atoms with E-state index >= 15 is 0 Å². The van der Waals surface area contributed by atoms with E-state index < -0.39 is 27.1 Å². The Morgan fingerprint density at radius 1 is 1.07 bits per heavy atom. The maximum atomic E-state index is 14.2. The van der Waals surface area contributed by atoms with Crippen LogP contribution in [0.5, 0.6) is 11.5 Å². The molecule has 0 heterocycles. The molecule has 0 aromatic heterocycles. The van der Waals surface area contributed by atoms with Gasteiger partial charge in [0.05, 0.1) is 17.9 Å². The summed E-state index contributed by atoms with van der Waals surface area (Å²) in [5.41, 5.74) is 0.626. The van der Waals surface area contributed by atoms with E-state index in [1.165, 1.54) is 50.1 Å². The summed E-state index contributed by atoms with van der Waals surface area (Å²) in [7, 11) is -2.41. The van der Waals surface area contributed by atoms with Crippen molar-refractivity contribution in [3.8, 4) is 11.5 Å². The van der Waals surface area contributed by atoms with E-state index in [0.717, 1.165) is 0 Å². The van der Waals surface area contributed by atoms with E-state index in [1.807, 2.05) is 13.8 Å². The molecule has 0 N–H and O–H groups in total. The highest BCUT2D eigenvalue weighted by molar-refractivity contribution is 7.87. The first-order chi connectivity index (χ1) is 14.0. The molecule has 0 saturated carbocycles. The summed E-state index contributed by atoms with van der Waals surface area (Å²) >= 11 is 0. The summed E-state index contributed by atoms with van der Waals surface area (Å²) in [5, 5.41) is -0.731. The molecule has 0 fully saturated rings. The Labute approximate surface area is 177 Å². The van der Waals surface area contributed by atoms with Crippen molar-refractivity contribution in [2.24, 2.45) is 5.92 Å². The Kier molecular flexibility index (Phi) is 7.83. The van der Waals surface area contributed by atoms with E-state index in [4.69, 9.17) is 8.92 Å². The van der Waals surface area contributed by atoms with Crippen molar-refractivity contribution in [3.63, 3.8) is 0 Å². The minimum Gasteiger partial charge on any atom is -0.493 e. The zero-order valence-corrected chi connectivity index (χ0v) is 18.7. The van der Waals surface area contributed by atoms with Crippen LogP contribution in [0.25, 0.3) is 0 Å². The fraction of sp³-hybridized carbons (Fsp3) is 0.409. The lowest BCUT2D eigenvalue weighted by atomic mass is 10.1. The molecule has 0 bridgehead atoms. The number of benzene rings is 2. The van der Waals surface area contributed by atoms with Crippen LogP contribution in [0, 0.1) is 11.7 Å². The number of rotatable bonds is 9. The fourth-order valence-electron chi connectivity index (χ4n) is 2.79. The van der Waals surface area contributed by atoms with Crippen LogP contribution in [0.3, 0.4) is 0 Å². The van der Waals surface area contributed by atoms with Crippen LogP contribution in [-0.2, 0) is 16.7 Å². The van der Waals surface area contributed by atoms with Gasteiger partial charge in [-0.05, 0) is 49.6 Å². The summed E-state index contributed by atoms with van der Waals surface area (Å²) in [6.07, 6.45) is 0. The SMILES string of the molecule is COc1ccc(CN(CC(C)C)C(=O)c2ccccc2F)cc1OS(=O)(=O)C(C)C. The highest BCUT2D eigenvalue weighted by Crippen LogP contribution is 2.31. The maximum absolute atomic E-state index is 14.2. The quantitative estimate of drug-likeness (QED) is 0.549. The zero-order chi connectivity index (χ0) is 22.5. The number of carbonyl (C=O) groups excluding carboxylic acids is 1. The molecule has 0 aliphatic carbocycles. The van der Waals surface area contributed by atoms with Crippen LogP contribution < -0.4 is 8.92 Å². The van der Waals surface area contributed by atoms with Crippen LogP contribution in [-0.4, -0.2) is 38.1 Å². The second-order valence-corrected chi connectivity index (χ2v) is 9.76. The highest BCUT2D eigenvalue weighted by Gasteiger charge is 2.23. The van der Waals surface area contributed by atoms with Gasteiger partial charge in [0.1, 0.15) is 5.82 Å². The summed E-state index contributed by atoms with van der Waals surface area (Å²) in [6, 6.07) is 10.7. The van der Waals surface area contributed by atoms with E-state index in [2.05, 4.69) is 0 Å². The molecule has 0 aliphatic heterocycles. The third kappa shape index (κ3) is 5.95. The Balaban J connectivity index is 2.37. The number of methoxy groups -OCH3 is 1. The minimum absolute atomic E-state index is 0.00878. The van der Waals surface area contributed by atoms with Crippen molar-refractivity contribution in [1.82, 2.24) is 4.90 Å². The van der Waals surface area contributed by atoms with Crippen molar-refractivity contribution in [3.05, 3.63) is 59.4 Å². The van der Waals surface area contributed by atoms with Crippen LogP contribution in [0.1, 0.15) is 43.6 Å². The number of ether oxygens (including phenoxy) is 1. The Morgan fingerprint density at radius 2 is 1.73 bits per heavy atom. The van der Waals surface area contributed by atoms with Crippen molar-refractivity contribution in [2.75, 3.05) is 13.7 Å². The van der Waals surface area contributed by atoms with Crippen molar-refractivity contribution in [2.45, 2.75) is 39.5 Å². The number of hydrogen-bond acceptors (Lipinski definition) is 5. The van der Waals surface area contributed by atoms with Crippen LogP contribution >= 0.6 is 0 Å². The van der Waals surface area contributed by atoms with Crippen molar-refractivity contribution >= 4 is 16.0 Å². The average Bonchev–Trinajstić information content (AvgIpc) is 2.67. The Hall–Kier alpha value is -2.61. The standard InChI is InChI=1S/C22H28FNO5S/c1-15(2)13-24(22(25)18-8-6-7-9-19(18)23)14-17-10-11-20(28-5)21(12-17)29-30(26,27)16(3)4/h6-12,15-16H,13-14H2,1-5H3. The molecule has 8 heteroatoms. The predicted molar refractivity (Wildman–Crippen MR) is 114 cm³/mol. The normalized spacial score (nSPS) is 11.6. The molecule has 0 aliphatic rings. The second kappa shape index (κ2) is 9.93. The summed E-state index contributed by atoms with van der Waals surface area (Å²) < 4.78 is 49.0. The fourth-order valence-corrected chi connectivity index (χ4v) is 3.36. The van der Waals surface area contributed by atoms with Crippen molar-refractivity contribution < 1.29 is 26.5 Å². The average molecular weight is 438 g/mol. The Morgan fingerprint density at radius 3 is 2.30 bits per heavy atom. The van der Waals surface area contributed by atoms with Gasteiger partial charge >= 0.3 is 10.1 Å². The predicted octanol–water partition coefficient (Wildman–Crippen LogP) is 4.25. The van der Waals surface area contributed by atoms with Crippen LogP contribution in [0.2, 0.25) is 0 Å². The third-order valence-corrected chi connectivity index (χ3v) is 5.93. The van der Waals surface area contributed by atoms with Gasteiger partial charge in [0.15, 0.2) is 11.5 Å². The number of nitrogens with zero attached hydrogens (tertiary/aromatic N) is 1. The smallest absolute Gasteiger partial charge is 0.311 e. The van der Waals surface area contributed by atoms with Gasteiger partial charge in [0.25, 0.3) is 5.91 Å². The summed E-state index contributed by atoms with van der Waals surface area (Å²) in [5.74, 6) is -0.561. The molecule has 6 nitrogen and oxygen atoms in total. The minimum atomic E-state index is -3.82. The first-order valence-electron chi connectivity index (χ1n) is 9.69. The highest BCUT2D eigenvalue weighted by atomic mass is 32.2. The van der Waals surface area contributed by atoms with Crippen LogP contribution in [0.15, 0.2) is 42.5 Å². The first kappa shape index (κ1) is 23.7. The van der Waals surface area contributed by atoms with E-state index in [9.17, 15) is 17.6 Å². The number of hydrogen-bond donors (Lipinski definition) is 0. The van der Waals surface area contributed by atoms with Gasteiger partial charge in [0, 0.05) is 13.1 Å². The van der Waals surface area contributed by atoms with Crippen LogP contribution in [0.4, 0.5) is 4.39 Å². The summed E-state index contributed by atoms with van der Waals surface area (Å²) in [4.78, 5) is 14.5. The molecule has 0 radical (unpaired) electrons. The third-order valence-electron chi connectivity index (χ3n) is 4.36. The van der Waals surface area contributed by atoms with E-state index in [1.54, 1.807) is 18.2 Å². The van der Waals surface area contributed by atoms with Gasteiger partial charge < -0.3 is 13.8 Å². The van der Waals surface area contributed by atoms with E-state index in [0.29, 0.717) is 12.1 Å². The van der Waals surface area contributed by atoms with Gasteiger partial charge in [-0.2, -0.15) is 8.42 Å². The molecular formula is C22H28FNO5S. The molecule has 0 spiro atoms. The first-order valence-corrected chi connectivity index (χ1v) is 11.2. The largest absolute Gasteiger partial charge is 0.493 e. The Bertz CT molecular complexity index is 989. The van der Waals surface area contributed by atoms with E-state index in [-0.39, 0.29) is 29.5 Å². The maximum Gasteiger partial charge on any atom is 0.311 e. The lowest BCUT2D eigenvalue weighted by Crippen LogP contribution is -2.34. The van der Waals surface area contributed by atoms with Crippen molar-refractivity contribution in [1.29, 1.82) is 0 Å². The molecule has 0 unspecified atom stereocenters. The van der Waals surface area contributed by atoms with Gasteiger partial charge in [-0.15, -0.1) is 0 Å². The lowest BCUT2D eigenvalue weighted by Gasteiger charge is -2.25. The molecule has 30 heavy (non-hydrogen) atoms. The topological polar surface area (TPSA) is 72.9 Å². The summed E-state index contributed by atoms with van der Waals surface area (Å²) in [6.45, 7) is 7.51. The number of carbonyl (C=O) groups is 1. The van der Waals surface area contributed by atoms with Gasteiger partial charge in [-0.1, -0.05) is 32.0 Å². The molecule has 2 rings (SSSR count). The molecule has 0 saturated heterocycles. The molecular weight excluding hydrogens is 409 g/mol. The molecule has 1 amide bonds. The van der Waals surface area contributed by atoms with Gasteiger partial charge in [0.2, 0.25) is 0 Å². The zero-order valence-electron chi connectivity index (χ0n) is 17.9. The number of amides is 1. The molecule has 2 aromatic carbocycles. The number of halogens is 1. The van der Waals surface area contributed by atoms with Gasteiger partial charge in [-0.3, -0.25) is 4.79 Å². The van der Waals surface area contributed by atoms with Gasteiger partial charge in [-0.25, -0.2) is 4.39 Å². The molecule has 164 valence electrons. The lowest BCUT2D eigenvalue weighted by molar-refractivity contribution is 0.0717. The monoisotopic (exact) mass is 437 g/mol. The molecule has 0 atom stereocenters.